The molecule has 2 aromatic heterocycles. The summed E-state index contributed by atoms with van der Waals surface area (Å²) < 4.78 is 9.10. The van der Waals surface area contributed by atoms with Crippen LogP contribution in [-0.2, 0) is 0 Å². The number of aliphatic imine (C=N–C) groups is 2. The number of allylic oxidation sites excluding steroid dienone is 3. The summed E-state index contributed by atoms with van der Waals surface area (Å²) >= 11 is 0. The zero-order chi connectivity index (χ0) is 37.0. The quantitative estimate of drug-likeness (QED) is 0.186. The van der Waals surface area contributed by atoms with E-state index >= 15 is 0 Å². The maximum atomic E-state index is 6.72. The van der Waals surface area contributed by atoms with Crippen molar-refractivity contribution in [1.82, 2.24) is 9.88 Å². The Morgan fingerprint density at radius 1 is 0.554 bits per heavy atom. The van der Waals surface area contributed by atoms with E-state index in [1.165, 1.54) is 33.0 Å². The molecule has 0 fully saturated rings. The predicted octanol–water partition coefficient (Wildman–Crippen LogP) is 12.3. The molecule has 2 unspecified atom stereocenters. The molecule has 2 atom stereocenters. The minimum atomic E-state index is -0.155. The van der Waals surface area contributed by atoms with Crippen LogP contribution in [0.5, 0.6) is 0 Å². The first-order valence-electron chi connectivity index (χ1n) is 19.2. The van der Waals surface area contributed by atoms with Gasteiger partial charge < -0.3 is 14.3 Å². The van der Waals surface area contributed by atoms with Crippen LogP contribution in [0.3, 0.4) is 0 Å². The van der Waals surface area contributed by atoms with Crippen molar-refractivity contribution in [3.8, 4) is 27.9 Å². The van der Waals surface area contributed by atoms with Gasteiger partial charge in [0.2, 0.25) is 0 Å². The van der Waals surface area contributed by atoms with Gasteiger partial charge in [0.1, 0.15) is 23.2 Å². The van der Waals surface area contributed by atoms with Gasteiger partial charge in [-0.05, 0) is 65.1 Å². The molecule has 0 spiro atoms. The van der Waals surface area contributed by atoms with E-state index in [4.69, 9.17) is 14.4 Å². The number of amidine groups is 2. The molecule has 0 saturated heterocycles. The Morgan fingerprint density at radius 2 is 1.27 bits per heavy atom. The third kappa shape index (κ3) is 5.47. The van der Waals surface area contributed by atoms with Gasteiger partial charge >= 0.3 is 0 Å². The number of nitrogens with zero attached hydrogens (tertiary/aromatic N) is 3. The Kier molecular flexibility index (Phi) is 7.62. The molecule has 0 radical (unpaired) electrons. The van der Waals surface area contributed by atoms with Gasteiger partial charge in [-0.25, -0.2) is 9.98 Å². The van der Waals surface area contributed by atoms with Crippen LogP contribution in [0.2, 0.25) is 0 Å². The van der Waals surface area contributed by atoms with Crippen LogP contribution in [0.4, 0.5) is 0 Å². The Morgan fingerprint density at radius 3 is 2.02 bits per heavy atom. The molecule has 0 bridgehead atoms. The van der Waals surface area contributed by atoms with Crippen LogP contribution >= 0.6 is 0 Å². The zero-order valence-corrected chi connectivity index (χ0v) is 30.5. The van der Waals surface area contributed by atoms with Gasteiger partial charge in [0.15, 0.2) is 5.84 Å². The second-order valence-electron chi connectivity index (χ2n) is 14.6. The fourth-order valence-electron chi connectivity index (χ4n) is 8.44. The number of benzene rings is 7. The van der Waals surface area contributed by atoms with Crippen molar-refractivity contribution in [2.75, 3.05) is 0 Å². The van der Waals surface area contributed by atoms with Crippen molar-refractivity contribution < 1.29 is 4.42 Å². The van der Waals surface area contributed by atoms with Gasteiger partial charge in [0.25, 0.3) is 0 Å². The summed E-state index contributed by atoms with van der Waals surface area (Å²) in [7, 11) is 0. The number of hydrogen-bond acceptors (Lipinski definition) is 4. The highest BCUT2D eigenvalue weighted by atomic mass is 16.3. The number of nitrogens with one attached hydrogen (secondary N) is 1. The fourth-order valence-corrected chi connectivity index (χ4v) is 8.44. The first kappa shape index (κ1) is 32.2. The van der Waals surface area contributed by atoms with Crippen molar-refractivity contribution in [1.29, 1.82) is 0 Å². The molecule has 56 heavy (non-hydrogen) atoms. The monoisotopic (exact) mass is 720 g/mol. The van der Waals surface area contributed by atoms with Crippen LogP contribution in [0.15, 0.2) is 202 Å². The number of fused-ring (bicyclic) bond motifs is 6. The average molecular weight is 721 g/mol. The van der Waals surface area contributed by atoms with E-state index in [2.05, 4.69) is 168 Å². The molecule has 1 aliphatic heterocycles. The van der Waals surface area contributed by atoms with Crippen molar-refractivity contribution in [2.45, 2.75) is 12.6 Å². The molecule has 7 aromatic carbocycles. The summed E-state index contributed by atoms with van der Waals surface area (Å²) in [5.41, 5.74) is 11.7. The Hall–Kier alpha value is -7.24. The van der Waals surface area contributed by atoms with Crippen molar-refractivity contribution in [3.05, 3.63) is 199 Å². The second kappa shape index (κ2) is 13.3. The largest absolute Gasteiger partial charge is 0.456 e. The summed E-state index contributed by atoms with van der Waals surface area (Å²) in [5, 5.41) is 8.12. The Labute approximate surface area is 324 Å². The van der Waals surface area contributed by atoms with Gasteiger partial charge in [0.05, 0.1) is 11.0 Å². The lowest BCUT2D eigenvalue weighted by molar-refractivity contribution is 0.475. The van der Waals surface area contributed by atoms with E-state index in [9.17, 15) is 0 Å². The van der Waals surface area contributed by atoms with E-state index in [0.29, 0.717) is 5.84 Å². The van der Waals surface area contributed by atoms with E-state index < -0.39 is 0 Å². The molecule has 0 amide bonds. The highest BCUT2D eigenvalue weighted by molar-refractivity contribution is 6.22. The van der Waals surface area contributed by atoms with Crippen LogP contribution in [0, 0.1) is 5.92 Å². The van der Waals surface area contributed by atoms with E-state index in [1.807, 2.05) is 30.3 Å². The third-order valence-corrected chi connectivity index (χ3v) is 11.2. The van der Waals surface area contributed by atoms with E-state index in [1.54, 1.807) is 0 Å². The highest BCUT2D eigenvalue weighted by Crippen LogP contribution is 2.39. The summed E-state index contributed by atoms with van der Waals surface area (Å²) in [6.07, 6.45) is 9.42. The molecule has 1 N–H and O–H groups in total. The lowest BCUT2D eigenvalue weighted by Gasteiger charge is -2.28. The molecule has 9 aromatic rings. The maximum Gasteiger partial charge on any atom is 0.159 e. The van der Waals surface area contributed by atoms with Gasteiger partial charge in [-0.3, -0.25) is 0 Å². The number of rotatable bonds is 6. The topological polar surface area (TPSA) is 54.8 Å². The van der Waals surface area contributed by atoms with Crippen LogP contribution < -0.4 is 5.32 Å². The van der Waals surface area contributed by atoms with Gasteiger partial charge in [-0.2, -0.15) is 0 Å². The fraction of sp³-hybridized carbons (Fsp3) is 0.0588. The maximum absolute atomic E-state index is 6.72. The van der Waals surface area contributed by atoms with Gasteiger partial charge in [0, 0.05) is 50.3 Å². The summed E-state index contributed by atoms with van der Waals surface area (Å²) in [5.74, 6) is 1.75. The molecular weight excluding hydrogens is 685 g/mol. The standard InChI is InChI=1S/C51H36N4O/c1-5-14-33(15-6-1)37-25-29-44-43(30-37)40-27-24-38(34-16-7-2-8-17-34)31-45(40)55(44)39-26-28-41-47(32-39)56-46-23-13-22-42(48(41)46)51-53-49(35-18-9-3-10-19-35)52-50(54-51)36-20-11-4-12-21-36/h1-20,22-32,36,50H,21H2,(H,52,53,54). The lowest BCUT2D eigenvalue weighted by Crippen LogP contribution is -2.43. The molecule has 5 heteroatoms. The Bertz CT molecular complexity index is 3080. The third-order valence-electron chi connectivity index (χ3n) is 11.2. The number of furan rings is 1. The second-order valence-corrected chi connectivity index (χ2v) is 14.6. The highest BCUT2D eigenvalue weighted by Gasteiger charge is 2.27. The minimum absolute atomic E-state index is 0.155. The SMILES string of the molecule is C1=CCC(C2N=C(c3cccc4oc5cc(-n6c7ccc(-c8ccccc8)cc7c7ccc(-c8ccccc8)cc76)ccc5c34)N=C(c3ccccc3)N2)C=C1. The van der Waals surface area contributed by atoms with E-state index in [-0.39, 0.29) is 12.1 Å². The summed E-state index contributed by atoms with van der Waals surface area (Å²) in [6, 6.07) is 58.0. The molecule has 266 valence electrons. The predicted molar refractivity (Wildman–Crippen MR) is 232 cm³/mol. The minimum Gasteiger partial charge on any atom is -0.456 e. The lowest BCUT2D eigenvalue weighted by atomic mass is 9.96. The normalized spacial score (nSPS) is 16.7. The van der Waals surface area contributed by atoms with Gasteiger partial charge in [-0.15, -0.1) is 0 Å². The smallest absolute Gasteiger partial charge is 0.159 e. The first-order valence-corrected chi connectivity index (χ1v) is 19.2. The van der Waals surface area contributed by atoms with Crippen LogP contribution in [-0.4, -0.2) is 22.4 Å². The van der Waals surface area contributed by atoms with Crippen molar-refractivity contribution >= 4 is 55.4 Å². The molecular formula is C51H36N4O. The van der Waals surface area contributed by atoms with Crippen molar-refractivity contribution in [3.63, 3.8) is 0 Å². The van der Waals surface area contributed by atoms with Crippen molar-refractivity contribution in [2.24, 2.45) is 15.9 Å². The first-order chi connectivity index (χ1) is 27.7. The molecule has 11 rings (SSSR count). The zero-order valence-electron chi connectivity index (χ0n) is 30.5. The van der Waals surface area contributed by atoms with Crippen LogP contribution in [0.25, 0.3) is 71.7 Å². The average Bonchev–Trinajstić information content (AvgIpc) is 3.82. The number of aromatic nitrogens is 1. The summed E-state index contributed by atoms with van der Waals surface area (Å²) in [6.45, 7) is 0. The molecule has 3 heterocycles. The van der Waals surface area contributed by atoms with Gasteiger partial charge in [-0.1, -0.05) is 146 Å². The number of hydrogen-bond donors (Lipinski definition) is 1. The molecule has 1 aliphatic carbocycles. The molecule has 2 aliphatic rings. The van der Waals surface area contributed by atoms with E-state index in [0.717, 1.165) is 62.0 Å². The Balaban J connectivity index is 1.08. The molecule has 5 nitrogen and oxygen atoms in total. The summed E-state index contributed by atoms with van der Waals surface area (Å²) in [4.78, 5) is 10.4. The van der Waals surface area contributed by atoms with Crippen LogP contribution in [0.1, 0.15) is 17.5 Å². The molecule has 0 saturated carbocycles.